The molecule has 0 unspecified atom stereocenters. The van der Waals surface area contributed by atoms with Crippen LogP contribution in [0.2, 0.25) is 0 Å². The molecule has 0 radical (unpaired) electrons. The van der Waals surface area contributed by atoms with Gasteiger partial charge in [0.15, 0.2) is 0 Å². The average molecular weight is 296 g/mol. The van der Waals surface area contributed by atoms with E-state index in [1.54, 1.807) is 12.1 Å². The first kappa shape index (κ1) is 14.7. The van der Waals surface area contributed by atoms with E-state index in [0.29, 0.717) is 25.3 Å². The number of ether oxygens (including phenoxy) is 1. The van der Waals surface area contributed by atoms with Crippen molar-refractivity contribution in [3.8, 4) is 6.07 Å². The van der Waals surface area contributed by atoms with E-state index in [9.17, 15) is 9.65 Å². The van der Waals surface area contributed by atoms with Gasteiger partial charge in [0, 0.05) is 13.1 Å². The van der Waals surface area contributed by atoms with Gasteiger partial charge >= 0.3 is 0 Å². The van der Waals surface area contributed by atoms with Crippen molar-refractivity contribution in [2.45, 2.75) is 12.1 Å². The molecule has 1 aliphatic heterocycles. The number of halogens is 1. The number of morpholine rings is 1. The highest BCUT2D eigenvalue weighted by atomic mass is 19.1. The Morgan fingerprint density at radius 1 is 1.18 bits per heavy atom. The highest BCUT2D eigenvalue weighted by Crippen LogP contribution is 2.28. The Labute approximate surface area is 129 Å². The van der Waals surface area contributed by atoms with Crippen LogP contribution in [-0.2, 0) is 4.74 Å². The van der Waals surface area contributed by atoms with Crippen LogP contribution in [0.25, 0.3) is 0 Å². The zero-order valence-electron chi connectivity index (χ0n) is 12.2. The first-order chi connectivity index (χ1) is 10.8. The summed E-state index contributed by atoms with van der Waals surface area (Å²) >= 11 is 0. The predicted molar refractivity (Wildman–Crippen MR) is 81.5 cm³/mol. The lowest BCUT2D eigenvalue weighted by molar-refractivity contribution is -0.0383. The van der Waals surface area contributed by atoms with Crippen molar-refractivity contribution in [1.82, 2.24) is 4.90 Å². The Balaban J connectivity index is 1.80. The smallest absolute Gasteiger partial charge is 0.124 e. The van der Waals surface area contributed by atoms with Crippen LogP contribution in [0.5, 0.6) is 0 Å². The number of benzene rings is 2. The van der Waals surface area contributed by atoms with Gasteiger partial charge in [-0.05, 0) is 23.3 Å². The van der Waals surface area contributed by atoms with Crippen molar-refractivity contribution >= 4 is 0 Å². The molecule has 3 rings (SSSR count). The Morgan fingerprint density at radius 3 is 2.73 bits per heavy atom. The molecule has 0 saturated carbocycles. The second-order valence-electron chi connectivity index (χ2n) is 5.35. The minimum Gasteiger partial charge on any atom is -0.371 e. The fourth-order valence-corrected chi connectivity index (χ4v) is 2.82. The van der Waals surface area contributed by atoms with Gasteiger partial charge in [-0.2, -0.15) is 5.26 Å². The van der Waals surface area contributed by atoms with Crippen LogP contribution >= 0.6 is 0 Å². The normalized spacial score (nSPS) is 20.3. The SMILES string of the molecule is N#C[C@@H](c1cccc(F)c1)N1CCO[C@@H](c2ccccc2)C1. The lowest BCUT2D eigenvalue weighted by Gasteiger charge is -2.35. The van der Waals surface area contributed by atoms with Crippen LogP contribution in [0.15, 0.2) is 54.6 Å². The Hall–Kier alpha value is -2.22. The van der Waals surface area contributed by atoms with E-state index < -0.39 is 6.04 Å². The summed E-state index contributed by atoms with van der Waals surface area (Å²) in [5, 5.41) is 9.52. The second kappa shape index (κ2) is 6.69. The van der Waals surface area contributed by atoms with Gasteiger partial charge in [0.05, 0.1) is 18.8 Å². The van der Waals surface area contributed by atoms with Crippen LogP contribution in [-0.4, -0.2) is 24.6 Å². The fourth-order valence-electron chi connectivity index (χ4n) is 2.82. The second-order valence-corrected chi connectivity index (χ2v) is 5.35. The van der Waals surface area contributed by atoms with Gasteiger partial charge in [-0.15, -0.1) is 0 Å². The van der Waals surface area contributed by atoms with Crippen LogP contribution in [0.3, 0.4) is 0 Å². The average Bonchev–Trinajstić information content (AvgIpc) is 2.57. The molecule has 22 heavy (non-hydrogen) atoms. The number of nitrogens with zero attached hydrogens (tertiary/aromatic N) is 2. The molecule has 2 aromatic carbocycles. The molecule has 0 aromatic heterocycles. The molecule has 1 aliphatic rings. The minimum absolute atomic E-state index is 0.0561. The summed E-state index contributed by atoms with van der Waals surface area (Å²) in [6, 6.07) is 18.1. The van der Waals surface area contributed by atoms with E-state index in [-0.39, 0.29) is 11.9 Å². The molecule has 1 heterocycles. The maximum atomic E-state index is 13.4. The lowest BCUT2D eigenvalue weighted by atomic mass is 10.0. The van der Waals surface area contributed by atoms with Gasteiger partial charge in [0.25, 0.3) is 0 Å². The first-order valence-corrected chi connectivity index (χ1v) is 7.33. The number of nitriles is 1. The standard InChI is InChI=1S/C18H17FN2O/c19-16-8-4-7-15(11-16)17(12-20)21-9-10-22-18(13-21)14-5-2-1-3-6-14/h1-8,11,17-18H,9-10,13H2/t17-,18+/m0/s1. The van der Waals surface area contributed by atoms with E-state index in [1.165, 1.54) is 12.1 Å². The maximum absolute atomic E-state index is 13.4. The molecule has 2 atom stereocenters. The van der Waals surface area contributed by atoms with Gasteiger partial charge in [-0.1, -0.05) is 42.5 Å². The zero-order valence-corrected chi connectivity index (χ0v) is 12.2. The van der Waals surface area contributed by atoms with E-state index in [4.69, 9.17) is 4.74 Å². The molecule has 4 heteroatoms. The summed E-state index contributed by atoms with van der Waals surface area (Å²) in [4.78, 5) is 2.05. The van der Waals surface area contributed by atoms with Crippen LogP contribution in [0, 0.1) is 17.1 Å². The molecule has 3 nitrogen and oxygen atoms in total. The Kier molecular flexibility index (Phi) is 4.47. The number of hydrogen-bond acceptors (Lipinski definition) is 3. The third-order valence-electron chi connectivity index (χ3n) is 3.92. The summed E-state index contributed by atoms with van der Waals surface area (Å²) in [7, 11) is 0. The predicted octanol–water partition coefficient (Wildman–Crippen LogP) is 3.46. The molecule has 2 aromatic rings. The monoisotopic (exact) mass is 296 g/mol. The zero-order chi connectivity index (χ0) is 15.4. The molecule has 1 fully saturated rings. The van der Waals surface area contributed by atoms with Gasteiger partial charge < -0.3 is 4.74 Å². The Morgan fingerprint density at radius 2 is 2.00 bits per heavy atom. The first-order valence-electron chi connectivity index (χ1n) is 7.33. The molecule has 0 aliphatic carbocycles. The largest absolute Gasteiger partial charge is 0.371 e. The summed E-state index contributed by atoms with van der Waals surface area (Å²) in [6.45, 7) is 1.85. The maximum Gasteiger partial charge on any atom is 0.124 e. The summed E-state index contributed by atoms with van der Waals surface area (Å²) in [6.07, 6.45) is -0.0561. The highest BCUT2D eigenvalue weighted by molar-refractivity contribution is 5.26. The molecule has 0 amide bonds. The van der Waals surface area contributed by atoms with Crippen LogP contribution in [0.1, 0.15) is 23.3 Å². The van der Waals surface area contributed by atoms with Crippen LogP contribution in [0.4, 0.5) is 4.39 Å². The molecule has 1 saturated heterocycles. The van der Waals surface area contributed by atoms with E-state index >= 15 is 0 Å². The molecular weight excluding hydrogens is 279 g/mol. The lowest BCUT2D eigenvalue weighted by Crippen LogP contribution is -2.40. The van der Waals surface area contributed by atoms with Crippen molar-refractivity contribution < 1.29 is 9.13 Å². The molecule has 112 valence electrons. The molecule has 0 bridgehead atoms. The summed E-state index contributed by atoms with van der Waals surface area (Å²) in [5.41, 5.74) is 1.79. The van der Waals surface area contributed by atoms with E-state index in [2.05, 4.69) is 11.0 Å². The fraction of sp³-hybridized carbons (Fsp3) is 0.278. The van der Waals surface area contributed by atoms with Crippen molar-refractivity contribution in [3.05, 3.63) is 71.5 Å². The molecule has 0 N–H and O–H groups in total. The quantitative estimate of drug-likeness (QED) is 0.870. The third kappa shape index (κ3) is 3.16. The van der Waals surface area contributed by atoms with Gasteiger partial charge in [-0.3, -0.25) is 4.90 Å². The number of hydrogen-bond donors (Lipinski definition) is 0. The third-order valence-corrected chi connectivity index (χ3v) is 3.92. The van der Waals surface area contributed by atoms with E-state index in [1.807, 2.05) is 30.3 Å². The number of rotatable bonds is 3. The van der Waals surface area contributed by atoms with Crippen molar-refractivity contribution in [2.75, 3.05) is 19.7 Å². The topological polar surface area (TPSA) is 36.3 Å². The van der Waals surface area contributed by atoms with E-state index in [0.717, 1.165) is 5.56 Å². The summed E-state index contributed by atoms with van der Waals surface area (Å²) in [5.74, 6) is -0.314. The Bertz CT molecular complexity index is 668. The molecular formula is C18H17FN2O. The minimum atomic E-state index is -0.453. The molecule has 0 spiro atoms. The van der Waals surface area contributed by atoms with Crippen molar-refractivity contribution in [2.24, 2.45) is 0 Å². The van der Waals surface area contributed by atoms with Crippen molar-refractivity contribution in [1.29, 1.82) is 5.26 Å². The van der Waals surface area contributed by atoms with Gasteiger partial charge in [0.2, 0.25) is 0 Å². The van der Waals surface area contributed by atoms with Crippen LogP contribution < -0.4 is 0 Å². The highest BCUT2D eigenvalue weighted by Gasteiger charge is 2.28. The van der Waals surface area contributed by atoms with Gasteiger partial charge in [-0.25, -0.2) is 4.39 Å². The van der Waals surface area contributed by atoms with Crippen molar-refractivity contribution in [3.63, 3.8) is 0 Å². The van der Waals surface area contributed by atoms with Gasteiger partial charge in [0.1, 0.15) is 11.9 Å². The summed E-state index contributed by atoms with van der Waals surface area (Å²) < 4.78 is 19.2.